The van der Waals surface area contributed by atoms with E-state index in [2.05, 4.69) is 34.9 Å². The van der Waals surface area contributed by atoms with Crippen LogP contribution in [0.15, 0.2) is 36.4 Å². The van der Waals surface area contributed by atoms with Gasteiger partial charge in [-0.2, -0.15) is 5.26 Å². The van der Waals surface area contributed by atoms with Crippen molar-refractivity contribution in [3.05, 3.63) is 70.0 Å². The number of ether oxygens (including phenoxy) is 1. The number of rotatable bonds is 4. The van der Waals surface area contributed by atoms with Gasteiger partial charge in [-0.15, -0.1) is 0 Å². The van der Waals surface area contributed by atoms with E-state index in [0.29, 0.717) is 17.9 Å². The highest BCUT2D eigenvalue weighted by Crippen LogP contribution is 2.39. The van der Waals surface area contributed by atoms with E-state index in [1.807, 2.05) is 19.9 Å². The molecule has 0 aliphatic heterocycles. The highest BCUT2D eigenvalue weighted by Gasteiger charge is 2.28. The molecule has 1 aliphatic carbocycles. The second-order valence-corrected chi connectivity index (χ2v) is 7.71. The maximum atomic E-state index is 12.0. The standard InChI is InChI=1S/C25H25N3O2/c1-4-30-23(29)13-12-22-20(15-26)24-16(2)14-17(3)27-25(24)28(22)21-11-7-9-18-8-5-6-10-19(18)21/h5-6,8,10,12-14,21H,4,7,9,11H2,1-3H3. The molecule has 0 fully saturated rings. The van der Waals surface area contributed by atoms with Crippen LogP contribution in [-0.4, -0.2) is 22.1 Å². The number of carbonyl (C=O) groups is 1. The van der Waals surface area contributed by atoms with Crippen molar-refractivity contribution in [3.63, 3.8) is 0 Å². The van der Waals surface area contributed by atoms with Gasteiger partial charge < -0.3 is 9.30 Å². The average Bonchev–Trinajstić information content (AvgIpc) is 3.05. The summed E-state index contributed by atoms with van der Waals surface area (Å²) in [7, 11) is 0. The molecule has 30 heavy (non-hydrogen) atoms. The van der Waals surface area contributed by atoms with Crippen molar-refractivity contribution in [1.29, 1.82) is 5.26 Å². The second kappa shape index (κ2) is 8.16. The van der Waals surface area contributed by atoms with Gasteiger partial charge in [-0.3, -0.25) is 0 Å². The molecule has 152 valence electrons. The lowest BCUT2D eigenvalue weighted by molar-refractivity contribution is -0.137. The van der Waals surface area contributed by atoms with Gasteiger partial charge in [0.25, 0.3) is 0 Å². The van der Waals surface area contributed by atoms with E-state index < -0.39 is 5.97 Å². The fourth-order valence-electron chi connectivity index (χ4n) is 4.59. The highest BCUT2D eigenvalue weighted by molar-refractivity contribution is 5.94. The highest BCUT2D eigenvalue weighted by atomic mass is 16.5. The number of hydrogen-bond donors (Lipinski definition) is 0. The van der Waals surface area contributed by atoms with Crippen LogP contribution in [0.25, 0.3) is 17.1 Å². The summed E-state index contributed by atoms with van der Waals surface area (Å²) in [6.45, 7) is 6.07. The first-order valence-electron chi connectivity index (χ1n) is 10.4. The number of hydrogen-bond acceptors (Lipinski definition) is 4. The lowest BCUT2D eigenvalue weighted by atomic mass is 9.87. The lowest BCUT2D eigenvalue weighted by Crippen LogP contribution is -2.19. The summed E-state index contributed by atoms with van der Waals surface area (Å²) >= 11 is 0. The van der Waals surface area contributed by atoms with Gasteiger partial charge in [0.2, 0.25) is 0 Å². The number of nitriles is 1. The summed E-state index contributed by atoms with van der Waals surface area (Å²) in [5, 5.41) is 10.9. The summed E-state index contributed by atoms with van der Waals surface area (Å²) in [6, 6.07) is 12.9. The molecule has 1 unspecified atom stereocenters. The quantitative estimate of drug-likeness (QED) is 0.456. The summed E-state index contributed by atoms with van der Waals surface area (Å²) in [5.74, 6) is -0.414. The van der Waals surface area contributed by atoms with Gasteiger partial charge in [0.1, 0.15) is 11.7 Å². The molecule has 2 aromatic heterocycles. The van der Waals surface area contributed by atoms with E-state index in [1.165, 1.54) is 17.2 Å². The van der Waals surface area contributed by atoms with Crippen molar-refractivity contribution < 1.29 is 9.53 Å². The molecule has 1 aromatic carbocycles. The second-order valence-electron chi connectivity index (χ2n) is 7.71. The molecule has 5 heteroatoms. The van der Waals surface area contributed by atoms with E-state index in [9.17, 15) is 10.1 Å². The zero-order chi connectivity index (χ0) is 21.3. The molecule has 4 rings (SSSR count). The molecule has 3 aromatic rings. The average molecular weight is 399 g/mol. The number of benzene rings is 1. The molecule has 0 N–H and O–H groups in total. The molecule has 0 spiro atoms. The summed E-state index contributed by atoms with van der Waals surface area (Å²) in [6.07, 6.45) is 6.20. The number of esters is 1. The number of aryl methyl sites for hydroxylation is 3. The third-order valence-corrected chi connectivity index (χ3v) is 5.74. The summed E-state index contributed by atoms with van der Waals surface area (Å²) < 4.78 is 7.22. The van der Waals surface area contributed by atoms with E-state index in [-0.39, 0.29) is 6.04 Å². The Morgan fingerprint density at radius 2 is 2.17 bits per heavy atom. The number of carbonyl (C=O) groups excluding carboxylic acids is 1. The van der Waals surface area contributed by atoms with Crippen LogP contribution in [0.2, 0.25) is 0 Å². The van der Waals surface area contributed by atoms with Gasteiger partial charge in [0.15, 0.2) is 0 Å². The van der Waals surface area contributed by atoms with Crippen LogP contribution in [0.5, 0.6) is 0 Å². The van der Waals surface area contributed by atoms with Crippen molar-refractivity contribution >= 4 is 23.1 Å². The molecular formula is C25H25N3O2. The fourth-order valence-corrected chi connectivity index (χ4v) is 4.59. The van der Waals surface area contributed by atoms with E-state index >= 15 is 0 Å². The monoisotopic (exact) mass is 399 g/mol. The largest absolute Gasteiger partial charge is 0.463 e. The number of nitrogens with zero attached hydrogens (tertiary/aromatic N) is 3. The number of aromatic nitrogens is 2. The first-order chi connectivity index (χ1) is 14.5. The predicted molar refractivity (Wildman–Crippen MR) is 117 cm³/mol. The molecular weight excluding hydrogens is 374 g/mol. The summed E-state index contributed by atoms with van der Waals surface area (Å²) in [4.78, 5) is 16.9. The Morgan fingerprint density at radius 1 is 1.37 bits per heavy atom. The molecule has 0 bridgehead atoms. The van der Waals surface area contributed by atoms with E-state index in [1.54, 1.807) is 13.0 Å². The van der Waals surface area contributed by atoms with Crippen LogP contribution in [-0.2, 0) is 16.0 Å². The van der Waals surface area contributed by atoms with Crippen LogP contribution >= 0.6 is 0 Å². The fraction of sp³-hybridized carbons (Fsp3) is 0.320. The van der Waals surface area contributed by atoms with Crippen LogP contribution in [0, 0.1) is 25.2 Å². The molecule has 5 nitrogen and oxygen atoms in total. The Morgan fingerprint density at radius 3 is 2.93 bits per heavy atom. The topological polar surface area (TPSA) is 67.9 Å². The molecule has 0 saturated carbocycles. The van der Waals surface area contributed by atoms with Gasteiger partial charge in [-0.1, -0.05) is 24.3 Å². The molecule has 0 saturated heterocycles. The maximum absolute atomic E-state index is 12.0. The first kappa shape index (κ1) is 19.9. The predicted octanol–water partition coefficient (Wildman–Crippen LogP) is 5.03. The van der Waals surface area contributed by atoms with Crippen molar-refractivity contribution in [1.82, 2.24) is 9.55 Å². The minimum Gasteiger partial charge on any atom is -0.463 e. The van der Waals surface area contributed by atoms with E-state index in [0.717, 1.165) is 41.6 Å². The van der Waals surface area contributed by atoms with Crippen LogP contribution < -0.4 is 0 Å². The van der Waals surface area contributed by atoms with Crippen LogP contribution in [0.3, 0.4) is 0 Å². The van der Waals surface area contributed by atoms with Gasteiger partial charge in [-0.05, 0) is 68.9 Å². The Bertz CT molecular complexity index is 1200. The maximum Gasteiger partial charge on any atom is 0.330 e. The normalized spacial score (nSPS) is 15.9. The minimum absolute atomic E-state index is 0.0649. The Hall–Kier alpha value is -3.39. The van der Waals surface area contributed by atoms with Crippen molar-refractivity contribution in [3.8, 4) is 6.07 Å². The van der Waals surface area contributed by atoms with Crippen molar-refractivity contribution in [2.45, 2.75) is 46.1 Å². The molecule has 0 radical (unpaired) electrons. The van der Waals surface area contributed by atoms with Crippen LogP contribution in [0.4, 0.5) is 0 Å². The van der Waals surface area contributed by atoms with Gasteiger partial charge >= 0.3 is 5.97 Å². The molecule has 1 aliphatic rings. The number of fused-ring (bicyclic) bond motifs is 2. The third kappa shape index (κ3) is 3.39. The van der Waals surface area contributed by atoms with Crippen molar-refractivity contribution in [2.75, 3.05) is 6.61 Å². The SMILES string of the molecule is CCOC(=O)C=Cc1c(C#N)c2c(C)cc(C)nc2n1C1CCCc2ccccc21. The molecule has 2 heterocycles. The van der Waals surface area contributed by atoms with E-state index in [4.69, 9.17) is 9.72 Å². The Balaban J connectivity index is 2.02. The lowest BCUT2D eigenvalue weighted by Gasteiger charge is -2.28. The van der Waals surface area contributed by atoms with Crippen LogP contribution in [0.1, 0.15) is 59.4 Å². The molecule has 0 amide bonds. The van der Waals surface area contributed by atoms with Gasteiger partial charge in [0, 0.05) is 17.2 Å². The zero-order valence-corrected chi connectivity index (χ0v) is 17.6. The number of pyridine rings is 1. The first-order valence-corrected chi connectivity index (χ1v) is 10.4. The smallest absolute Gasteiger partial charge is 0.330 e. The minimum atomic E-state index is -0.414. The molecule has 1 atom stereocenters. The summed E-state index contributed by atoms with van der Waals surface area (Å²) in [5.41, 5.74) is 6.59. The third-order valence-electron chi connectivity index (χ3n) is 5.74. The Kier molecular flexibility index (Phi) is 5.41. The van der Waals surface area contributed by atoms with Crippen molar-refractivity contribution in [2.24, 2.45) is 0 Å². The van der Waals surface area contributed by atoms with Gasteiger partial charge in [-0.25, -0.2) is 9.78 Å². The van der Waals surface area contributed by atoms with Gasteiger partial charge in [0.05, 0.1) is 23.9 Å². The zero-order valence-electron chi connectivity index (χ0n) is 17.6. The Labute approximate surface area is 176 Å².